The van der Waals surface area contributed by atoms with Gasteiger partial charge < -0.3 is 9.73 Å². The highest BCUT2D eigenvalue weighted by Gasteiger charge is 2.20. The summed E-state index contributed by atoms with van der Waals surface area (Å²) in [5.74, 6) is 0.969. The molecule has 0 atom stereocenters. The van der Waals surface area contributed by atoms with Crippen molar-refractivity contribution in [3.05, 3.63) is 34.1 Å². The van der Waals surface area contributed by atoms with E-state index in [0.717, 1.165) is 6.54 Å². The topological polar surface area (TPSA) is 51.0 Å². The van der Waals surface area contributed by atoms with E-state index in [0.29, 0.717) is 39.9 Å². The molecule has 1 aromatic carbocycles. The van der Waals surface area contributed by atoms with Crippen LogP contribution in [-0.2, 0) is 6.42 Å². The van der Waals surface area contributed by atoms with Crippen molar-refractivity contribution in [1.82, 2.24) is 15.5 Å². The summed E-state index contributed by atoms with van der Waals surface area (Å²) >= 11 is 12.2. The van der Waals surface area contributed by atoms with Gasteiger partial charge >= 0.3 is 0 Å². The largest absolute Gasteiger partial charge is 0.421 e. The van der Waals surface area contributed by atoms with Crippen molar-refractivity contribution in [2.24, 2.45) is 0 Å². The number of nitrogens with one attached hydrogen (secondary N) is 1. The van der Waals surface area contributed by atoms with Crippen molar-refractivity contribution in [2.75, 3.05) is 6.54 Å². The summed E-state index contributed by atoms with van der Waals surface area (Å²) in [5, 5.41) is 12.4. The molecule has 1 aromatic heterocycles. The lowest BCUT2D eigenvalue weighted by Crippen LogP contribution is -2.19. The van der Waals surface area contributed by atoms with Gasteiger partial charge in [0.15, 0.2) is 0 Å². The zero-order chi connectivity index (χ0) is 13.2. The molecule has 2 aromatic rings. The molecule has 19 heavy (non-hydrogen) atoms. The molecule has 1 fully saturated rings. The zero-order valence-electron chi connectivity index (χ0n) is 10.2. The van der Waals surface area contributed by atoms with Crippen molar-refractivity contribution in [3.63, 3.8) is 0 Å². The predicted molar refractivity (Wildman–Crippen MR) is 74.5 cm³/mol. The first-order valence-corrected chi connectivity index (χ1v) is 7.00. The molecule has 1 saturated carbocycles. The van der Waals surface area contributed by atoms with Crippen molar-refractivity contribution < 1.29 is 4.42 Å². The van der Waals surface area contributed by atoms with Gasteiger partial charge in [0.2, 0.25) is 5.89 Å². The molecule has 0 unspecified atom stereocenters. The summed E-state index contributed by atoms with van der Waals surface area (Å²) < 4.78 is 5.60. The Hall–Kier alpha value is -1.10. The molecule has 3 rings (SSSR count). The Morgan fingerprint density at radius 2 is 1.95 bits per heavy atom. The molecular weight excluding hydrogens is 285 g/mol. The molecule has 6 heteroatoms. The number of hydrogen-bond donors (Lipinski definition) is 1. The number of aromatic nitrogens is 2. The second kappa shape index (κ2) is 5.49. The van der Waals surface area contributed by atoms with Crippen LogP contribution in [0.2, 0.25) is 10.0 Å². The van der Waals surface area contributed by atoms with Crippen molar-refractivity contribution in [2.45, 2.75) is 25.3 Å². The van der Waals surface area contributed by atoms with E-state index in [1.807, 2.05) is 0 Å². The monoisotopic (exact) mass is 297 g/mol. The normalized spacial score (nSPS) is 14.8. The highest BCUT2D eigenvalue weighted by atomic mass is 35.5. The number of rotatable bonds is 5. The second-order valence-corrected chi connectivity index (χ2v) is 5.39. The maximum Gasteiger partial charge on any atom is 0.250 e. The van der Waals surface area contributed by atoms with Gasteiger partial charge in [0.1, 0.15) is 0 Å². The number of halogens is 2. The summed E-state index contributed by atoms with van der Waals surface area (Å²) in [5.41, 5.74) is 0.597. The minimum atomic E-state index is 0.372. The van der Waals surface area contributed by atoms with Gasteiger partial charge in [-0.25, -0.2) is 0 Å². The number of nitrogens with zero attached hydrogens (tertiary/aromatic N) is 2. The molecule has 0 spiro atoms. The van der Waals surface area contributed by atoms with E-state index < -0.39 is 0 Å². The van der Waals surface area contributed by atoms with Crippen molar-refractivity contribution in [1.29, 1.82) is 0 Å². The summed E-state index contributed by atoms with van der Waals surface area (Å²) in [6, 6.07) is 5.97. The number of benzene rings is 1. The highest BCUT2D eigenvalue weighted by Crippen LogP contribution is 2.33. The fraction of sp³-hybridized carbons (Fsp3) is 0.385. The molecule has 1 heterocycles. The van der Waals surface area contributed by atoms with Crippen LogP contribution in [0.15, 0.2) is 22.6 Å². The summed E-state index contributed by atoms with van der Waals surface area (Å²) in [7, 11) is 0. The molecule has 0 saturated heterocycles. The van der Waals surface area contributed by atoms with Crippen molar-refractivity contribution >= 4 is 23.2 Å². The minimum absolute atomic E-state index is 0.372. The molecule has 100 valence electrons. The Bertz CT molecular complexity index is 561. The van der Waals surface area contributed by atoms with Crippen LogP contribution in [0.5, 0.6) is 0 Å². The van der Waals surface area contributed by atoms with Crippen LogP contribution < -0.4 is 5.32 Å². The SMILES string of the molecule is Clc1cccc(Cl)c1-c1nnc(CCNC2CC2)o1. The molecule has 0 aliphatic heterocycles. The van der Waals surface area contributed by atoms with E-state index in [4.69, 9.17) is 27.6 Å². The Labute approximate surface area is 121 Å². The third-order valence-electron chi connectivity index (χ3n) is 2.99. The summed E-state index contributed by atoms with van der Waals surface area (Å²) in [4.78, 5) is 0. The van der Waals surface area contributed by atoms with Gasteiger partial charge in [-0.1, -0.05) is 29.3 Å². The van der Waals surface area contributed by atoms with E-state index in [1.165, 1.54) is 12.8 Å². The van der Waals surface area contributed by atoms with Crippen LogP contribution in [0.25, 0.3) is 11.5 Å². The van der Waals surface area contributed by atoms with E-state index in [9.17, 15) is 0 Å². The van der Waals surface area contributed by atoms with Gasteiger partial charge in [-0.3, -0.25) is 0 Å². The Balaban J connectivity index is 1.72. The van der Waals surface area contributed by atoms with Gasteiger partial charge in [0, 0.05) is 19.0 Å². The maximum atomic E-state index is 6.10. The molecule has 1 aliphatic carbocycles. The summed E-state index contributed by atoms with van der Waals surface area (Å²) in [6.07, 6.45) is 3.25. The average molecular weight is 298 g/mol. The molecule has 1 aliphatic rings. The Kier molecular flexibility index (Phi) is 3.73. The van der Waals surface area contributed by atoms with Crippen LogP contribution in [0, 0.1) is 0 Å². The Morgan fingerprint density at radius 1 is 1.21 bits per heavy atom. The predicted octanol–water partition coefficient (Wildman–Crippen LogP) is 3.34. The first-order chi connectivity index (χ1) is 9.24. The molecule has 1 N–H and O–H groups in total. The fourth-order valence-corrected chi connectivity index (χ4v) is 2.39. The molecule has 0 amide bonds. The lowest BCUT2D eigenvalue weighted by atomic mass is 10.2. The molecule has 4 nitrogen and oxygen atoms in total. The van der Waals surface area contributed by atoms with Gasteiger partial charge in [-0.15, -0.1) is 10.2 Å². The number of hydrogen-bond acceptors (Lipinski definition) is 4. The van der Waals surface area contributed by atoms with Crippen LogP contribution in [0.1, 0.15) is 18.7 Å². The first-order valence-electron chi connectivity index (χ1n) is 6.24. The van der Waals surface area contributed by atoms with Gasteiger partial charge in [-0.05, 0) is 25.0 Å². The van der Waals surface area contributed by atoms with E-state index >= 15 is 0 Å². The molecule has 0 bridgehead atoms. The van der Waals surface area contributed by atoms with Crippen LogP contribution >= 0.6 is 23.2 Å². The quantitative estimate of drug-likeness (QED) is 0.920. The van der Waals surface area contributed by atoms with Crippen LogP contribution in [0.3, 0.4) is 0 Å². The maximum absolute atomic E-state index is 6.10. The Morgan fingerprint density at radius 3 is 2.63 bits per heavy atom. The average Bonchev–Trinajstić information content (AvgIpc) is 3.08. The van der Waals surface area contributed by atoms with E-state index in [2.05, 4.69) is 15.5 Å². The fourth-order valence-electron chi connectivity index (χ4n) is 1.83. The van der Waals surface area contributed by atoms with E-state index in [-0.39, 0.29) is 0 Å². The highest BCUT2D eigenvalue weighted by molar-refractivity contribution is 6.38. The van der Waals surface area contributed by atoms with E-state index in [1.54, 1.807) is 18.2 Å². The van der Waals surface area contributed by atoms with Gasteiger partial charge in [0.25, 0.3) is 5.89 Å². The first kappa shape index (κ1) is 12.9. The third kappa shape index (κ3) is 3.08. The lowest BCUT2D eigenvalue weighted by Gasteiger charge is -2.01. The zero-order valence-corrected chi connectivity index (χ0v) is 11.7. The standard InChI is InChI=1S/C13H13Cl2N3O/c14-9-2-1-3-10(15)12(9)13-18-17-11(19-13)6-7-16-8-4-5-8/h1-3,8,16H,4-7H2. The third-order valence-corrected chi connectivity index (χ3v) is 3.62. The van der Waals surface area contributed by atoms with Crippen LogP contribution in [-0.4, -0.2) is 22.8 Å². The van der Waals surface area contributed by atoms with Gasteiger partial charge in [0.05, 0.1) is 15.6 Å². The molecule has 0 radical (unpaired) electrons. The van der Waals surface area contributed by atoms with Crippen molar-refractivity contribution in [3.8, 4) is 11.5 Å². The second-order valence-electron chi connectivity index (χ2n) is 4.58. The lowest BCUT2D eigenvalue weighted by molar-refractivity contribution is 0.494. The van der Waals surface area contributed by atoms with Gasteiger partial charge in [-0.2, -0.15) is 0 Å². The summed E-state index contributed by atoms with van der Waals surface area (Å²) in [6.45, 7) is 0.850. The molecular formula is C13H13Cl2N3O. The smallest absolute Gasteiger partial charge is 0.250 e. The minimum Gasteiger partial charge on any atom is -0.421 e. The van der Waals surface area contributed by atoms with Crippen LogP contribution in [0.4, 0.5) is 0 Å².